The molecule has 1 amide bonds. The van der Waals surface area contributed by atoms with Crippen molar-refractivity contribution in [2.75, 3.05) is 27.2 Å². The fourth-order valence-corrected chi connectivity index (χ4v) is 0.938. The molecule has 0 rings (SSSR count). The third-order valence-electron chi connectivity index (χ3n) is 1.88. The van der Waals surface area contributed by atoms with E-state index in [1.54, 1.807) is 19.0 Å². The van der Waals surface area contributed by atoms with E-state index in [0.29, 0.717) is 31.4 Å². The molecule has 0 aromatic rings. The van der Waals surface area contributed by atoms with Crippen LogP contribution in [0, 0.1) is 5.92 Å². The highest BCUT2D eigenvalue weighted by molar-refractivity contribution is 5.80. The minimum atomic E-state index is 0.0766. The molecule has 4 N–H and O–H groups in total. The average Bonchev–Trinajstić information content (AvgIpc) is 2.22. The van der Waals surface area contributed by atoms with Crippen molar-refractivity contribution in [1.29, 1.82) is 0 Å². The number of hydrazine groups is 1. The molecular weight excluding hydrogens is 206 g/mol. The molecule has 6 heteroatoms. The minimum Gasteiger partial charge on any atom is -0.355 e. The lowest BCUT2D eigenvalue weighted by molar-refractivity contribution is -0.128. The van der Waals surface area contributed by atoms with Crippen molar-refractivity contribution < 1.29 is 4.79 Å². The van der Waals surface area contributed by atoms with Gasteiger partial charge in [-0.15, -0.1) is 0 Å². The predicted octanol–water partition coefficient (Wildman–Crippen LogP) is -0.470. The number of amides is 1. The van der Waals surface area contributed by atoms with Gasteiger partial charge < -0.3 is 10.2 Å². The molecule has 0 unspecified atom stereocenters. The Bertz CT molecular complexity index is 237. The van der Waals surface area contributed by atoms with E-state index in [4.69, 9.17) is 5.84 Å². The molecule has 0 heterocycles. The average molecular weight is 229 g/mol. The minimum absolute atomic E-state index is 0.0766. The zero-order chi connectivity index (χ0) is 12.6. The maximum atomic E-state index is 11.3. The van der Waals surface area contributed by atoms with Gasteiger partial charge in [0.1, 0.15) is 0 Å². The third-order valence-corrected chi connectivity index (χ3v) is 1.88. The molecule has 0 aliphatic rings. The number of guanidine groups is 1. The monoisotopic (exact) mass is 229 g/mol. The summed E-state index contributed by atoms with van der Waals surface area (Å²) in [6, 6.07) is 0. The number of carbonyl (C=O) groups excluding carboxylic acids is 1. The van der Waals surface area contributed by atoms with Gasteiger partial charge in [0.05, 0.1) is 0 Å². The van der Waals surface area contributed by atoms with E-state index in [1.807, 2.05) is 0 Å². The van der Waals surface area contributed by atoms with Crippen molar-refractivity contribution in [2.45, 2.75) is 20.3 Å². The van der Waals surface area contributed by atoms with Crippen molar-refractivity contribution >= 4 is 11.9 Å². The molecule has 0 saturated carbocycles. The van der Waals surface area contributed by atoms with Gasteiger partial charge >= 0.3 is 0 Å². The van der Waals surface area contributed by atoms with E-state index in [2.05, 4.69) is 29.6 Å². The smallest absolute Gasteiger partial charge is 0.223 e. The number of carbonyl (C=O) groups is 1. The normalized spacial score (nSPS) is 11.5. The molecule has 0 atom stereocenters. The summed E-state index contributed by atoms with van der Waals surface area (Å²) in [4.78, 5) is 17.1. The molecular formula is C10H23N5O. The van der Waals surface area contributed by atoms with Crippen LogP contribution in [0.4, 0.5) is 0 Å². The zero-order valence-electron chi connectivity index (χ0n) is 10.6. The second-order valence-electron chi connectivity index (χ2n) is 4.19. The molecule has 0 bridgehead atoms. The second-order valence-corrected chi connectivity index (χ2v) is 4.19. The number of hydrogen-bond acceptors (Lipinski definition) is 3. The van der Waals surface area contributed by atoms with E-state index in [-0.39, 0.29) is 5.91 Å². The molecule has 0 aromatic heterocycles. The van der Waals surface area contributed by atoms with E-state index in [0.717, 1.165) is 0 Å². The van der Waals surface area contributed by atoms with Gasteiger partial charge in [-0.2, -0.15) is 0 Å². The summed E-state index contributed by atoms with van der Waals surface area (Å²) in [5.41, 5.74) is 2.47. The first-order chi connectivity index (χ1) is 7.47. The van der Waals surface area contributed by atoms with Crippen LogP contribution in [-0.4, -0.2) is 44.0 Å². The molecule has 0 aliphatic carbocycles. The number of aliphatic imine (C=N–C) groups is 1. The van der Waals surface area contributed by atoms with Gasteiger partial charge in [-0.25, -0.2) is 5.84 Å². The largest absolute Gasteiger partial charge is 0.355 e. The Labute approximate surface area is 97.3 Å². The van der Waals surface area contributed by atoms with E-state index >= 15 is 0 Å². The van der Waals surface area contributed by atoms with E-state index in [9.17, 15) is 4.79 Å². The van der Waals surface area contributed by atoms with Crippen LogP contribution >= 0.6 is 0 Å². The lowest BCUT2D eigenvalue weighted by atomic mass is 10.2. The molecule has 0 fully saturated rings. The van der Waals surface area contributed by atoms with Crippen molar-refractivity contribution in [3.05, 3.63) is 0 Å². The van der Waals surface area contributed by atoms with E-state index < -0.39 is 0 Å². The van der Waals surface area contributed by atoms with Crippen LogP contribution in [0.15, 0.2) is 4.99 Å². The van der Waals surface area contributed by atoms with E-state index in [1.165, 1.54) is 0 Å². The Balaban J connectivity index is 3.88. The SMILES string of the molecule is CC(C)CN=C(NN)NCCC(=O)N(C)C. The highest BCUT2D eigenvalue weighted by Crippen LogP contribution is 1.91. The van der Waals surface area contributed by atoms with Gasteiger partial charge in [-0.05, 0) is 5.92 Å². The first kappa shape index (κ1) is 14.7. The Morgan fingerprint density at radius 3 is 2.50 bits per heavy atom. The van der Waals surface area contributed by atoms with Crippen molar-refractivity contribution in [3.8, 4) is 0 Å². The summed E-state index contributed by atoms with van der Waals surface area (Å²) in [6.45, 7) is 5.38. The molecule has 6 nitrogen and oxygen atoms in total. The Morgan fingerprint density at radius 1 is 1.44 bits per heavy atom. The topological polar surface area (TPSA) is 82.7 Å². The van der Waals surface area contributed by atoms with Gasteiger partial charge in [0.15, 0.2) is 0 Å². The summed E-state index contributed by atoms with van der Waals surface area (Å²) in [5, 5.41) is 2.98. The predicted molar refractivity (Wildman–Crippen MR) is 65.8 cm³/mol. The summed E-state index contributed by atoms with van der Waals surface area (Å²) in [5.74, 6) is 6.38. The summed E-state index contributed by atoms with van der Waals surface area (Å²) in [6.07, 6.45) is 0.426. The van der Waals surface area contributed by atoms with Crippen LogP contribution in [0.2, 0.25) is 0 Å². The Hall–Kier alpha value is -1.30. The lowest BCUT2D eigenvalue weighted by Crippen LogP contribution is -2.43. The van der Waals surface area contributed by atoms with Crippen LogP contribution in [0.1, 0.15) is 20.3 Å². The molecule has 94 valence electrons. The summed E-state index contributed by atoms with van der Waals surface area (Å²) in [7, 11) is 3.47. The van der Waals surface area contributed by atoms with Crippen molar-refractivity contribution in [1.82, 2.24) is 15.6 Å². The van der Waals surface area contributed by atoms with Crippen molar-refractivity contribution in [2.24, 2.45) is 16.8 Å². The van der Waals surface area contributed by atoms with Gasteiger partial charge in [-0.3, -0.25) is 15.2 Å². The van der Waals surface area contributed by atoms with Gasteiger partial charge in [0, 0.05) is 33.6 Å². The maximum absolute atomic E-state index is 11.3. The first-order valence-corrected chi connectivity index (χ1v) is 5.42. The lowest BCUT2D eigenvalue weighted by Gasteiger charge is -2.12. The molecule has 0 radical (unpaired) electrons. The molecule has 0 aliphatic heterocycles. The quantitative estimate of drug-likeness (QED) is 0.258. The number of nitrogens with zero attached hydrogens (tertiary/aromatic N) is 2. The second kappa shape index (κ2) is 7.92. The van der Waals surface area contributed by atoms with Crippen LogP contribution in [-0.2, 0) is 4.79 Å². The molecule has 0 spiro atoms. The highest BCUT2D eigenvalue weighted by atomic mass is 16.2. The number of nitrogens with two attached hydrogens (primary N) is 1. The number of rotatable bonds is 5. The Kier molecular flexibility index (Phi) is 7.28. The molecule has 16 heavy (non-hydrogen) atoms. The Morgan fingerprint density at radius 2 is 2.06 bits per heavy atom. The molecule has 0 saturated heterocycles. The van der Waals surface area contributed by atoms with Gasteiger partial charge in [-0.1, -0.05) is 13.8 Å². The summed E-state index contributed by atoms with van der Waals surface area (Å²) >= 11 is 0. The number of hydrogen-bond donors (Lipinski definition) is 3. The van der Waals surface area contributed by atoms with Crippen LogP contribution < -0.4 is 16.6 Å². The fraction of sp³-hybridized carbons (Fsp3) is 0.800. The third kappa shape index (κ3) is 7.05. The summed E-state index contributed by atoms with van der Waals surface area (Å²) < 4.78 is 0. The zero-order valence-corrected chi connectivity index (χ0v) is 10.6. The maximum Gasteiger partial charge on any atom is 0.223 e. The highest BCUT2D eigenvalue weighted by Gasteiger charge is 2.03. The molecule has 0 aromatic carbocycles. The van der Waals surface area contributed by atoms with Crippen molar-refractivity contribution in [3.63, 3.8) is 0 Å². The number of nitrogens with one attached hydrogen (secondary N) is 2. The van der Waals surface area contributed by atoms with Gasteiger partial charge in [0.2, 0.25) is 11.9 Å². The van der Waals surface area contributed by atoms with Gasteiger partial charge in [0.25, 0.3) is 0 Å². The van der Waals surface area contributed by atoms with Crippen LogP contribution in [0.25, 0.3) is 0 Å². The standard InChI is InChI=1S/C10H23N5O/c1-8(2)7-13-10(14-11)12-6-5-9(16)15(3)4/h8H,5-7,11H2,1-4H3,(H2,12,13,14). The first-order valence-electron chi connectivity index (χ1n) is 5.42. The fourth-order valence-electron chi connectivity index (χ4n) is 0.938. The van der Waals surface area contributed by atoms with Crippen LogP contribution in [0.3, 0.4) is 0 Å². The van der Waals surface area contributed by atoms with Crippen LogP contribution in [0.5, 0.6) is 0 Å².